The second-order valence-corrected chi connectivity index (χ2v) is 11.9. The zero-order valence-electron chi connectivity index (χ0n) is 23.0. The van der Waals surface area contributed by atoms with Crippen molar-refractivity contribution < 1.29 is 23.3 Å². The molecule has 0 aromatic heterocycles. The number of unbranched alkanes of at least 4 members (excludes halogenated alkanes) is 13. The Labute approximate surface area is 216 Å². The third-order valence-electron chi connectivity index (χ3n) is 7.21. The van der Waals surface area contributed by atoms with Crippen LogP contribution >= 0.6 is 7.82 Å². The number of hydrogen-bond acceptors (Lipinski definition) is 5. The Kier molecular flexibility index (Phi) is 20.4. The fraction of sp³-hybridized carbons (Fsp3) is 0.964. The van der Waals surface area contributed by atoms with Crippen LogP contribution in [0.3, 0.4) is 0 Å². The van der Waals surface area contributed by atoms with E-state index in [1.165, 1.54) is 89.9 Å². The van der Waals surface area contributed by atoms with Crippen LogP contribution < -0.4 is 0 Å². The van der Waals surface area contributed by atoms with Crippen LogP contribution in [0.25, 0.3) is 0 Å². The van der Waals surface area contributed by atoms with Crippen molar-refractivity contribution in [1.82, 2.24) is 4.90 Å². The maximum Gasteiger partial charge on any atom is 0.472 e. The second-order valence-electron chi connectivity index (χ2n) is 10.5. The summed E-state index contributed by atoms with van der Waals surface area (Å²) >= 11 is 0. The second kappa shape index (κ2) is 21.8. The zero-order valence-corrected chi connectivity index (χ0v) is 23.9. The Balaban J connectivity index is 2.09. The van der Waals surface area contributed by atoms with Gasteiger partial charge in [0, 0.05) is 19.4 Å². The van der Waals surface area contributed by atoms with E-state index in [-0.39, 0.29) is 24.9 Å². The Morgan fingerprint density at radius 1 is 0.829 bits per heavy atom. The van der Waals surface area contributed by atoms with Crippen LogP contribution in [-0.4, -0.2) is 48.4 Å². The average Bonchev–Trinajstić information content (AvgIpc) is 3.36. The lowest BCUT2D eigenvalue weighted by molar-refractivity contribution is -0.120. The number of carbonyl (C=O) groups excluding carboxylic acids is 1. The molecule has 1 aliphatic rings. The van der Waals surface area contributed by atoms with Crippen LogP contribution in [0.1, 0.15) is 136 Å². The van der Waals surface area contributed by atoms with Crippen LogP contribution in [0.4, 0.5) is 0 Å². The van der Waals surface area contributed by atoms with Gasteiger partial charge in [-0.2, -0.15) is 0 Å². The smallest absolute Gasteiger partial charge is 0.302 e. The summed E-state index contributed by atoms with van der Waals surface area (Å²) in [7, 11) is -4.07. The standard InChI is InChI=1S/C28H56NO5P/c1-3-5-6-7-8-9-10-11-12-13-14-15-16-17-20-27(25-28(30)4-2)26-34-35(31,32)33-24-23-29-21-18-19-22-29/h27H,3-26H2,1-2H3,(H,31,32). The molecular weight excluding hydrogens is 461 g/mol. The molecule has 35 heavy (non-hydrogen) atoms. The van der Waals surface area contributed by atoms with Gasteiger partial charge in [-0.25, -0.2) is 4.57 Å². The molecule has 0 radical (unpaired) electrons. The van der Waals surface area contributed by atoms with Crippen LogP contribution in [0.15, 0.2) is 0 Å². The average molecular weight is 518 g/mol. The summed E-state index contributed by atoms with van der Waals surface area (Å²) in [6.07, 6.45) is 22.6. The van der Waals surface area contributed by atoms with Gasteiger partial charge in [0.2, 0.25) is 0 Å². The fourth-order valence-electron chi connectivity index (χ4n) is 4.87. The quantitative estimate of drug-likeness (QED) is 0.0974. The molecule has 6 nitrogen and oxygen atoms in total. The molecular formula is C28H56NO5P. The summed E-state index contributed by atoms with van der Waals surface area (Å²) < 4.78 is 22.7. The number of Topliss-reactive ketones (excluding diaryl/α,β-unsaturated/α-hetero) is 1. The first kappa shape index (κ1) is 32.8. The van der Waals surface area contributed by atoms with E-state index in [1.54, 1.807) is 0 Å². The van der Waals surface area contributed by atoms with Crippen molar-refractivity contribution >= 4 is 13.6 Å². The molecule has 0 spiro atoms. The first-order valence-corrected chi connectivity index (χ1v) is 16.3. The molecule has 0 aromatic carbocycles. The van der Waals surface area contributed by atoms with Crippen LogP contribution in [0.2, 0.25) is 0 Å². The highest BCUT2D eigenvalue weighted by Crippen LogP contribution is 2.44. The largest absolute Gasteiger partial charge is 0.472 e. The van der Waals surface area contributed by atoms with Gasteiger partial charge in [0.1, 0.15) is 5.78 Å². The van der Waals surface area contributed by atoms with Gasteiger partial charge in [0.25, 0.3) is 0 Å². The number of phosphoric acid groups is 1. The molecule has 2 unspecified atom stereocenters. The lowest BCUT2D eigenvalue weighted by Crippen LogP contribution is -2.24. The van der Waals surface area contributed by atoms with Crippen molar-refractivity contribution in [3.8, 4) is 0 Å². The normalized spacial score (nSPS) is 17.0. The highest BCUT2D eigenvalue weighted by Gasteiger charge is 2.24. The van der Waals surface area contributed by atoms with Crippen molar-refractivity contribution in [2.75, 3.05) is 32.8 Å². The first-order valence-electron chi connectivity index (χ1n) is 14.8. The Hall–Kier alpha value is -0.260. The van der Waals surface area contributed by atoms with E-state index >= 15 is 0 Å². The summed E-state index contributed by atoms with van der Waals surface area (Å²) in [5, 5.41) is 0. The van der Waals surface area contributed by atoms with Gasteiger partial charge in [-0.05, 0) is 38.3 Å². The lowest BCUT2D eigenvalue weighted by atomic mass is 9.95. The molecule has 0 aromatic rings. The molecule has 0 bridgehead atoms. The molecule has 1 aliphatic heterocycles. The predicted octanol–water partition coefficient (Wildman–Crippen LogP) is 8.07. The van der Waals surface area contributed by atoms with E-state index in [0.29, 0.717) is 19.4 Å². The molecule has 1 heterocycles. The number of nitrogens with zero attached hydrogens (tertiary/aromatic N) is 1. The summed E-state index contributed by atoms with van der Waals surface area (Å²) in [6, 6.07) is 0. The van der Waals surface area contributed by atoms with E-state index in [4.69, 9.17) is 9.05 Å². The van der Waals surface area contributed by atoms with E-state index in [1.807, 2.05) is 6.92 Å². The van der Waals surface area contributed by atoms with Crippen LogP contribution in [0.5, 0.6) is 0 Å². The minimum absolute atomic E-state index is 0.0116. The van der Waals surface area contributed by atoms with Gasteiger partial charge < -0.3 is 9.79 Å². The fourth-order valence-corrected chi connectivity index (χ4v) is 5.65. The summed E-state index contributed by atoms with van der Waals surface area (Å²) in [4.78, 5) is 24.3. The van der Waals surface area contributed by atoms with Gasteiger partial charge in [-0.3, -0.25) is 13.8 Å². The number of likely N-dealkylation sites (tertiary alicyclic amines) is 1. The molecule has 7 heteroatoms. The van der Waals surface area contributed by atoms with Gasteiger partial charge in [-0.1, -0.05) is 104 Å². The van der Waals surface area contributed by atoms with Gasteiger partial charge in [0.15, 0.2) is 0 Å². The lowest BCUT2D eigenvalue weighted by Gasteiger charge is -2.20. The van der Waals surface area contributed by atoms with E-state index in [0.717, 1.165) is 32.4 Å². The number of ketones is 1. The molecule has 1 fully saturated rings. The van der Waals surface area contributed by atoms with Crippen molar-refractivity contribution in [2.45, 2.75) is 136 Å². The Morgan fingerprint density at radius 2 is 1.34 bits per heavy atom. The van der Waals surface area contributed by atoms with Crippen molar-refractivity contribution in [1.29, 1.82) is 0 Å². The van der Waals surface area contributed by atoms with Gasteiger partial charge in [0.05, 0.1) is 13.2 Å². The summed E-state index contributed by atoms with van der Waals surface area (Å²) in [6.45, 7) is 7.16. The highest BCUT2D eigenvalue weighted by molar-refractivity contribution is 7.47. The molecule has 1 N–H and O–H groups in total. The van der Waals surface area contributed by atoms with E-state index in [9.17, 15) is 14.3 Å². The van der Waals surface area contributed by atoms with Gasteiger partial charge in [-0.15, -0.1) is 0 Å². The highest BCUT2D eigenvalue weighted by atomic mass is 31.2. The van der Waals surface area contributed by atoms with E-state index < -0.39 is 7.82 Å². The van der Waals surface area contributed by atoms with Crippen molar-refractivity contribution in [3.63, 3.8) is 0 Å². The monoisotopic (exact) mass is 517 g/mol. The maximum absolute atomic E-state index is 12.3. The van der Waals surface area contributed by atoms with Gasteiger partial charge >= 0.3 is 7.82 Å². The number of rotatable bonds is 25. The molecule has 2 atom stereocenters. The van der Waals surface area contributed by atoms with Crippen LogP contribution in [0, 0.1) is 5.92 Å². The first-order chi connectivity index (χ1) is 17.0. The Morgan fingerprint density at radius 3 is 1.86 bits per heavy atom. The topological polar surface area (TPSA) is 76.1 Å². The molecule has 0 amide bonds. The van der Waals surface area contributed by atoms with Crippen molar-refractivity contribution in [2.24, 2.45) is 5.92 Å². The number of hydrogen-bond donors (Lipinski definition) is 1. The molecule has 0 aliphatic carbocycles. The van der Waals surface area contributed by atoms with E-state index in [2.05, 4.69) is 11.8 Å². The third-order valence-corrected chi connectivity index (χ3v) is 8.19. The predicted molar refractivity (Wildman–Crippen MR) is 146 cm³/mol. The molecule has 0 saturated carbocycles. The SMILES string of the molecule is CCCCCCCCCCCCCCCCC(COP(=O)(O)OCCN1CCCC1)CC(=O)CC. The number of carbonyl (C=O) groups is 1. The number of phosphoric ester groups is 1. The Bertz CT molecular complexity index is 553. The zero-order chi connectivity index (χ0) is 25.6. The molecule has 1 saturated heterocycles. The maximum atomic E-state index is 12.3. The minimum Gasteiger partial charge on any atom is -0.302 e. The summed E-state index contributed by atoms with van der Waals surface area (Å²) in [5.41, 5.74) is 0. The molecule has 208 valence electrons. The summed E-state index contributed by atoms with van der Waals surface area (Å²) in [5.74, 6) is 0.175. The van der Waals surface area contributed by atoms with Crippen molar-refractivity contribution in [3.05, 3.63) is 0 Å². The molecule has 1 rings (SSSR count). The minimum atomic E-state index is -4.07. The third kappa shape index (κ3) is 19.5. The van der Waals surface area contributed by atoms with Crippen LogP contribution in [-0.2, 0) is 18.4 Å².